The molecular formula is C18H23N3O. The molecule has 1 aromatic heterocycles. The van der Waals surface area contributed by atoms with Gasteiger partial charge in [0.05, 0.1) is 18.2 Å². The first-order chi connectivity index (χ1) is 10.6. The lowest BCUT2D eigenvalue weighted by atomic mass is 9.98. The van der Waals surface area contributed by atoms with Crippen LogP contribution in [0.2, 0.25) is 0 Å². The second-order valence-electron chi connectivity index (χ2n) is 6.14. The van der Waals surface area contributed by atoms with Gasteiger partial charge in [0.2, 0.25) is 5.91 Å². The van der Waals surface area contributed by atoms with Gasteiger partial charge in [0.15, 0.2) is 0 Å². The Bertz CT molecular complexity index is 662. The summed E-state index contributed by atoms with van der Waals surface area (Å²) in [5.41, 5.74) is 3.43. The van der Waals surface area contributed by atoms with E-state index in [9.17, 15) is 4.79 Å². The Balaban J connectivity index is 1.78. The van der Waals surface area contributed by atoms with Crippen LogP contribution in [0.3, 0.4) is 0 Å². The molecule has 1 atom stereocenters. The first-order valence-corrected chi connectivity index (χ1v) is 7.98. The zero-order valence-electron chi connectivity index (χ0n) is 13.3. The standard InChI is InChI=1S/C18H23N3O/c1-14-6-5-7-15(12-14)13-18(22)21-11-4-3-8-17(21)16-9-10-19-20(16)2/h5-7,9-10,12,17H,3-4,8,11,13H2,1-2H3. The first-order valence-electron chi connectivity index (χ1n) is 7.98. The van der Waals surface area contributed by atoms with E-state index in [-0.39, 0.29) is 11.9 Å². The van der Waals surface area contributed by atoms with E-state index in [0.29, 0.717) is 6.42 Å². The third kappa shape index (κ3) is 3.06. The molecule has 0 aliphatic carbocycles. The summed E-state index contributed by atoms with van der Waals surface area (Å²) in [5, 5.41) is 4.26. The molecule has 3 rings (SSSR count). The molecule has 0 saturated carbocycles. The van der Waals surface area contributed by atoms with E-state index >= 15 is 0 Å². The normalized spacial score (nSPS) is 18.5. The molecule has 4 nitrogen and oxygen atoms in total. The van der Waals surface area contributed by atoms with Gasteiger partial charge in [0, 0.05) is 19.8 Å². The number of nitrogens with zero attached hydrogens (tertiary/aromatic N) is 3. The van der Waals surface area contributed by atoms with Crippen LogP contribution in [-0.4, -0.2) is 27.1 Å². The Labute approximate surface area is 131 Å². The van der Waals surface area contributed by atoms with Crippen LogP contribution in [0.1, 0.15) is 42.1 Å². The van der Waals surface area contributed by atoms with Crippen LogP contribution in [0.4, 0.5) is 0 Å². The molecule has 1 aromatic carbocycles. The average molecular weight is 297 g/mol. The van der Waals surface area contributed by atoms with Gasteiger partial charge in [-0.15, -0.1) is 0 Å². The number of carbonyl (C=O) groups excluding carboxylic acids is 1. The highest BCUT2D eigenvalue weighted by Crippen LogP contribution is 2.31. The number of aromatic nitrogens is 2. The second-order valence-corrected chi connectivity index (χ2v) is 6.14. The van der Waals surface area contributed by atoms with Crippen LogP contribution in [-0.2, 0) is 18.3 Å². The van der Waals surface area contributed by atoms with E-state index in [2.05, 4.69) is 24.2 Å². The van der Waals surface area contributed by atoms with Gasteiger partial charge in [-0.05, 0) is 37.8 Å². The average Bonchev–Trinajstić information content (AvgIpc) is 2.93. The van der Waals surface area contributed by atoms with Crippen molar-refractivity contribution >= 4 is 5.91 Å². The molecule has 1 saturated heterocycles. The van der Waals surface area contributed by atoms with Crippen molar-refractivity contribution in [2.75, 3.05) is 6.54 Å². The van der Waals surface area contributed by atoms with Crippen molar-refractivity contribution in [3.8, 4) is 0 Å². The fourth-order valence-corrected chi connectivity index (χ4v) is 3.35. The minimum atomic E-state index is 0.165. The summed E-state index contributed by atoms with van der Waals surface area (Å²) in [6.07, 6.45) is 5.58. The molecule has 22 heavy (non-hydrogen) atoms. The Kier molecular flexibility index (Phi) is 4.27. The molecule has 1 aliphatic heterocycles. The molecule has 0 bridgehead atoms. The SMILES string of the molecule is Cc1cccc(CC(=O)N2CCCCC2c2ccnn2C)c1. The van der Waals surface area contributed by atoms with E-state index in [1.54, 1.807) is 0 Å². The number of hydrogen-bond donors (Lipinski definition) is 0. The molecule has 1 unspecified atom stereocenters. The van der Waals surface area contributed by atoms with Crippen molar-refractivity contribution in [2.24, 2.45) is 7.05 Å². The highest BCUT2D eigenvalue weighted by Gasteiger charge is 2.29. The zero-order chi connectivity index (χ0) is 15.5. The smallest absolute Gasteiger partial charge is 0.227 e. The Hall–Kier alpha value is -2.10. The lowest BCUT2D eigenvalue weighted by molar-refractivity contribution is -0.134. The van der Waals surface area contributed by atoms with Gasteiger partial charge >= 0.3 is 0 Å². The van der Waals surface area contributed by atoms with Crippen LogP contribution in [0, 0.1) is 6.92 Å². The van der Waals surface area contributed by atoms with E-state index in [0.717, 1.165) is 30.6 Å². The van der Waals surface area contributed by atoms with Crippen LogP contribution in [0.15, 0.2) is 36.5 Å². The van der Waals surface area contributed by atoms with E-state index in [1.165, 1.54) is 12.0 Å². The van der Waals surface area contributed by atoms with Crippen molar-refractivity contribution < 1.29 is 4.79 Å². The van der Waals surface area contributed by atoms with Gasteiger partial charge in [0.25, 0.3) is 0 Å². The van der Waals surface area contributed by atoms with E-state index < -0.39 is 0 Å². The van der Waals surface area contributed by atoms with Gasteiger partial charge < -0.3 is 4.90 Å². The van der Waals surface area contributed by atoms with E-state index in [4.69, 9.17) is 0 Å². The minimum absolute atomic E-state index is 0.165. The molecule has 2 heterocycles. The van der Waals surface area contributed by atoms with Gasteiger partial charge in [0.1, 0.15) is 0 Å². The van der Waals surface area contributed by atoms with Gasteiger partial charge in [-0.2, -0.15) is 5.10 Å². The van der Waals surface area contributed by atoms with Crippen LogP contribution in [0.5, 0.6) is 0 Å². The Morgan fingerprint density at radius 3 is 2.91 bits per heavy atom. The van der Waals surface area contributed by atoms with Crippen LogP contribution in [0.25, 0.3) is 0 Å². The summed E-state index contributed by atoms with van der Waals surface area (Å²) in [5.74, 6) is 0.219. The number of aryl methyl sites for hydroxylation is 2. The molecular weight excluding hydrogens is 274 g/mol. The number of piperidine rings is 1. The number of likely N-dealkylation sites (tertiary alicyclic amines) is 1. The van der Waals surface area contributed by atoms with Crippen LogP contribution < -0.4 is 0 Å². The maximum atomic E-state index is 12.8. The first kappa shape index (κ1) is 14.8. The monoisotopic (exact) mass is 297 g/mol. The molecule has 4 heteroatoms. The molecule has 0 N–H and O–H groups in total. The maximum absolute atomic E-state index is 12.8. The number of hydrogen-bond acceptors (Lipinski definition) is 2. The molecule has 1 aliphatic rings. The fourth-order valence-electron chi connectivity index (χ4n) is 3.35. The molecule has 0 radical (unpaired) electrons. The molecule has 1 fully saturated rings. The summed E-state index contributed by atoms with van der Waals surface area (Å²) in [4.78, 5) is 14.8. The highest BCUT2D eigenvalue weighted by molar-refractivity contribution is 5.79. The largest absolute Gasteiger partial charge is 0.334 e. The number of rotatable bonds is 3. The Morgan fingerprint density at radius 2 is 2.18 bits per heavy atom. The fraction of sp³-hybridized carbons (Fsp3) is 0.444. The molecule has 2 aromatic rings. The molecule has 0 spiro atoms. The summed E-state index contributed by atoms with van der Waals surface area (Å²) in [6.45, 7) is 2.91. The summed E-state index contributed by atoms with van der Waals surface area (Å²) in [6, 6.07) is 10.4. The third-order valence-electron chi connectivity index (χ3n) is 4.46. The third-order valence-corrected chi connectivity index (χ3v) is 4.46. The quantitative estimate of drug-likeness (QED) is 0.873. The second kappa shape index (κ2) is 6.34. The lowest BCUT2D eigenvalue weighted by Crippen LogP contribution is -2.40. The number of amides is 1. The van der Waals surface area contributed by atoms with Gasteiger partial charge in [-0.3, -0.25) is 9.48 Å². The maximum Gasteiger partial charge on any atom is 0.227 e. The van der Waals surface area contributed by atoms with Gasteiger partial charge in [-0.25, -0.2) is 0 Å². The predicted octanol–water partition coefficient (Wildman–Crippen LogP) is 3.02. The van der Waals surface area contributed by atoms with Crippen molar-refractivity contribution in [3.05, 3.63) is 53.3 Å². The predicted molar refractivity (Wildman–Crippen MR) is 86.4 cm³/mol. The summed E-state index contributed by atoms with van der Waals surface area (Å²) >= 11 is 0. The number of benzene rings is 1. The lowest BCUT2D eigenvalue weighted by Gasteiger charge is -2.36. The van der Waals surface area contributed by atoms with Crippen LogP contribution >= 0.6 is 0 Å². The van der Waals surface area contributed by atoms with Crippen molar-refractivity contribution in [1.82, 2.24) is 14.7 Å². The minimum Gasteiger partial charge on any atom is -0.334 e. The molecule has 1 amide bonds. The Morgan fingerprint density at radius 1 is 1.32 bits per heavy atom. The highest BCUT2D eigenvalue weighted by atomic mass is 16.2. The van der Waals surface area contributed by atoms with E-state index in [1.807, 2.05) is 41.0 Å². The zero-order valence-corrected chi connectivity index (χ0v) is 13.3. The van der Waals surface area contributed by atoms with Gasteiger partial charge in [-0.1, -0.05) is 29.8 Å². The number of carbonyl (C=O) groups is 1. The summed E-state index contributed by atoms with van der Waals surface area (Å²) in [7, 11) is 1.95. The topological polar surface area (TPSA) is 38.1 Å². The van der Waals surface area contributed by atoms with Crippen molar-refractivity contribution in [3.63, 3.8) is 0 Å². The van der Waals surface area contributed by atoms with Crippen molar-refractivity contribution in [2.45, 2.75) is 38.6 Å². The van der Waals surface area contributed by atoms with Crippen molar-refractivity contribution in [1.29, 1.82) is 0 Å². The summed E-state index contributed by atoms with van der Waals surface area (Å²) < 4.78 is 1.89. The molecule has 116 valence electrons.